The first kappa shape index (κ1) is 23.2. The van der Waals surface area contributed by atoms with Gasteiger partial charge in [-0.25, -0.2) is 16.8 Å². The number of anilines is 1. The summed E-state index contributed by atoms with van der Waals surface area (Å²) in [5.41, 5.74) is 0.356. The van der Waals surface area contributed by atoms with Crippen molar-refractivity contribution in [3.8, 4) is 0 Å². The predicted molar refractivity (Wildman–Crippen MR) is 122 cm³/mol. The number of benzene rings is 2. The van der Waals surface area contributed by atoms with Crippen molar-refractivity contribution in [1.29, 1.82) is 0 Å². The molecule has 8 nitrogen and oxygen atoms in total. The third-order valence-electron chi connectivity index (χ3n) is 5.58. The second-order valence-corrected chi connectivity index (χ2v) is 11.6. The number of carbonyl (C=O) groups excluding carboxylic acids is 1. The molecule has 1 aromatic heterocycles. The van der Waals surface area contributed by atoms with E-state index in [2.05, 4.69) is 5.32 Å². The van der Waals surface area contributed by atoms with E-state index < -0.39 is 25.8 Å². The SMILES string of the molecule is CC1CCCCN1S(=O)(=O)c1ccc(NC(=O)c2ccc(S(=O)(=O)c3ccccc3)o2)cc1. The summed E-state index contributed by atoms with van der Waals surface area (Å²) in [5, 5.41) is 2.26. The molecule has 3 aromatic rings. The Bertz CT molecular complexity index is 1350. The molecular weight excluding hydrogens is 464 g/mol. The number of amides is 1. The lowest BCUT2D eigenvalue weighted by molar-refractivity contribution is 0.0991. The zero-order valence-corrected chi connectivity index (χ0v) is 19.6. The van der Waals surface area contributed by atoms with Gasteiger partial charge in [-0.3, -0.25) is 4.79 Å². The molecule has 4 rings (SSSR count). The highest BCUT2D eigenvalue weighted by atomic mass is 32.2. The van der Waals surface area contributed by atoms with Gasteiger partial charge in [0.1, 0.15) is 0 Å². The molecule has 10 heteroatoms. The van der Waals surface area contributed by atoms with Gasteiger partial charge in [0.15, 0.2) is 5.76 Å². The van der Waals surface area contributed by atoms with E-state index in [9.17, 15) is 21.6 Å². The van der Waals surface area contributed by atoms with E-state index in [1.807, 2.05) is 6.92 Å². The minimum absolute atomic E-state index is 0.0524. The number of furan rings is 1. The average molecular weight is 489 g/mol. The topological polar surface area (TPSA) is 114 Å². The van der Waals surface area contributed by atoms with Crippen molar-refractivity contribution in [3.63, 3.8) is 0 Å². The summed E-state index contributed by atoms with van der Waals surface area (Å²) in [6.07, 6.45) is 2.68. The highest BCUT2D eigenvalue weighted by molar-refractivity contribution is 7.91. The molecule has 1 saturated heterocycles. The molecule has 0 saturated carbocycles. The molecule has 1 amide bonds. The number of rotatable bonds is 6. The van der Waals surface area contributed by atoms with Gasteiger partial charge in [0.25, 0.3) is 5.91 Å². The third kappa shape index (κ3) is 4.73. The molecule has 2 aromatic carbocycles. The summed E-state index contributed by atoms with van der Waals surface area (Å²) in [4.78, 5) is 12.8. The average Bonchev–Trinajstić information content (AvgIpc) is 3.32. The lowest BCUT2D eigenvalue weighted by Gasteiger charge is -2.32. The number of hydrogen-bond acceptors (Lipinski definition) is 6. The number of hydrogen-bond donors (Lipinski definition) is 1. The Kier molecular flexibility index (Phi) is 6.42. The molecule has 0 bridgehead atoms. The van der Waals surface area contributed by atoms with Gasteiger partial charge in [0.05, 0.1) is 9.79 Å². The van der Waals surface area contributed by atoms with Gasteiger partial charge in [-0.2, -0.15) is 4.31 Å². The molecule has 1 atom stereocenters. The quantitative estimate of drug-likeness (QED) is 0.562. The molecule has 2 heterocycles. The van der Waals surface area contributed by atoms with Gasteiger partial charge in [-0.05, 0) is 68.3 Å². The van der Waals surface area contributed by atoms with Crippen molar-refractivity contribution >= 4 is 31.5 Å². The molecule has 1 unspecified atom stereocenters. The highest BCUT2D eigenvalue weighted by Crippen LogP contribution is 2.27. The Hall–Kier alpha value is -2.95. The van der Waals surface area contributed by atoms with Gasteiger partial charge in [-0.15, -0.1) is 0 Å². The summed E-state index contributed by atoms with van der Waals surface area (Å²) in [6.45, 7) is 2.40. The van der Waals surface area contributed by atoms with E-state index in [0.717, 1.165) is 19.3 Å². The fraction of sp³-hybridized carbons (Fsp3) is 0.261. The second-order valence-electron chi connectivity index (χ2n) is 7.87. The maximum Gasteiger partial charge on any atom is 0.291 e. The van der Waals surface area contributed by atoms with Crippen molar-refractivity contribution in [3.05, 3.63) is 72.5 Å². The van der Waals surface area contributed by atoms with Crippen molar-refractivity contribution in [1.82, 2.24) is 4.31 Å². The van der Waals surface area contributed by atoms with Gasteiger partial charge in [0, 0.05) is 18.3 Å². The van der Waals surface area contributed by atoms with Crippen LogP contribution in [-0.4, -0.2) is 39.6 Å². The van der Waals surface area contributed by atoms with Gasteiger partial charge >= 0.3 is 0 Å². The standard InChI is InChI=1S/C23H24N2O6S2/c1-17-7-5-6-16-25(17)33(29,30)20-12-10-18(11-13-20)24-23(26)21-14-15-22(31-21)32(27,28)19-8-3-2-4-9-19/h2-4,8-15,17H,5-7,16H2,1H3,(H,24,26). The van der Waals surface area contributed by atoms with Crippen LogP contribution >= 0.6 is 0 Å². The maximum atomic E-state index is 12.9. The van der Waals surface area contributed by atoms with E-state index in [1.165, 1.54) is 52.8 Å². The van der Waals surface area contributed by atoms with Crippen LogP contribution in [0, 0.1) is 0 Å². The van der Waals surface area contributed by atoms with E-state index in [1.54, 1.807) is 18.2 Å². The number of sulfone groups is 1. The van der Waals surface area contributed by atoms with Crippen LogP contribution in [0.2, 0.25) is 0 Å². The normalized spacial score (nSPS) is 17.5. The van der Waals surface area contributed by atoms with Gasteiger partial charge in [-0.1, -0.05) is 24.6 Å². The van der Waals surface area contributed by atoms with Gasteiger partial charge < -0.3 is 9.73 Å². The molecule has 1 N–H and O–H groups in total. The zero-order valence-electron chi connectivity index (χ0n) is 18.0. The maximum absolute atomic E-state index is 12.9. The van der Waals surface area contributed by atoms with Crippen LogP contribution in [-0.2, 0) is 19.9 Å². The molecule has 0 radical (unpaired) electrons. The third-order valence-corrected chi connectivity index (χ3v) is 9.25. The van der Waals surface area contributed by atoms with Crippen LogP contribution in [0.15, 0.2) is 86.0 Å². The van der Waals surface area contributed by atoms with Crippen LogP contribution in [0.1, 0.15) is 36.7 Å². The Morgan fingerprint density at radius 1 is 0.909 bits per heavy atom. The lowest BCUT2D eigenvalue weighted by atomic mass is 10.1. The number of sulfonamides is 1. The smallest absolute Gasteiger partial charge is 0.291 e. The van der Waals surface area contributed by atoms with Crippen LogP contribution in [0.4, 0.5) is 5.69 Å². The number of carbonyl (C=O) groups is 1. The Balaban J connectivity index is 1.48. The zero-order chi connectivity index (χ0) is 23.6. The van der Waals surface area contributed by atoms with Crippen LogP contribution < -0.4 is 5.32 Å². The number of nitrogens with one attached hydrogen (secondary N) is 1. The number of piperidine rings is 1. The Labute approximate surface area is 193 Å². The lowest BCUT2D eigenvalue weighted by Crippen LogP contribution is -2.41. The first-order chi connectivity index (χ1) is 15.7. The molecule has 0 spiro atoms. The molecule has 1 aliphatic heterocycles. The second kappa shape index (κ2) is 9.12. The van der Waals surface area contributed by atoms with Crippen molar-refractivity contribution < 1.29 is 26.0 Å². The molecule has 33 heavy (non-hydrogen) atoms. The van der Waals surface area contributed by atoms with E-state index in [4.69, 9.17) is 4.42 Å². The Morgan fingerprint density at radius 2 is 1.61 bits per heavy atom. The first-order valence-electron chi connectivity index (χ1n) is 10.5. The minimum Gasteiger partial charge on any atom is -0.439 e. The molecular formula is C23H24N2O6S2. The summed E-state index contributed by atoms with van der Waals surface area (Å²) in [5.74, 6) is -0.826. The fourth-order valence-corrected chi connectivity index (χ4v) is 6.66. The highest BCUT2D eigenvalue weighted by Gasteiger charge is 2.31. The van der Waals surface area contributed by atoms with E-state index in [0.29, 0.717) is 12.2 Å². The Morgan fingerprint density at radius 3 is 2.27 bits per heavy atom. The molecule has 1 aliphatic rings. The van der Waals surface area contributed by atoms with E-state index >= 15 is 0 Å². The molecule has 0 aliphatic carbocycles. The van der Waals surface area contributed by atoms with E-state index in [-0.39, 0.29) is 26.7 Å². The van der Waals surface area contributed by atoms with Crippen molar-refractivity contribution in [2.24, 2.45) is 0 Å². The summed E-state index contributed by atoms with van der Waals surface area (Å²) < 4.78 is 57.9. The monoisotopic (exact) mass is 488 g/mol. The fourth-order valence-electron chi connectivity index (χ4n) is 3.77. The van der Waals surface area contributed by atoms with Crippen LogP contribution in [0.25, 0.3) is 0 Å². The van der Waals surface area contributed by atoms with Crippen molar-refractivity contribution in [2.45, 2.75) is 47.1 Å². The summed E-state index contributed by atoms with van der Waals surface area (Å²) in [6, 6.07) is 16.1. The van der Waals surface area contributed by atoms with Crippen molar-refractivity contribution in [2.75, 3.05) is 11.9 Å². The minimum atomic E-state index is -3.88. The summed E-state index contributed by atoms with van der Waals surface area (Å²) >= 11 is 0. The molecule has 1 fully saturated rings. The molecule has 174 valence electrons. The summed E-state index contributed by atoms with van der Waals surface area (Å²) in [7, 11) is -7.49. The van der Waals surface area contributed by atoms with Gasteiger partial charge in [0.2, 0.25) is 25.0 Å². The number of nitrogens with zero attached hydrogens (tertiary/aromatic N) is 1. The first-order valence-corrected chi connectivity index (χ1v) is 13.4. The predicted octanol–water partition coefficient (Wildman–Crippen LogP) is 3.93. The largest absolute Gasteiger partial charge is 0.439 e. The van der Waals surface area contributed by atoms with Crippen LogP contribution in [0.5, 0.6) is 0 Å². The van der Waals surface area contributed by atoms with Crippen LogP contribution in [0.3, 0.4) is 0 Å².